The predicted octanol–water partition coefficient (Wildman–Crippen LogP) is 8.15. The summed E-state index contributed by atoms with van der Waals surface area (Å²) >= 11 is 0. The maximum atomic E-state index is 10.7. The largest absolute Gasteiger partial charge is 0.508 e. The second kappa shape index (κ2) is 9.62. The van der Waals surface area contributed by atoms with Gasteiger partial charge >= 0.3 is 0 Å². The lowest BCUT2D eigenvalue weighted by molar-refractivity contribution is 0.466. The van der Waals surface area contributed by atoms with Gasteiger partial charge in [-0.25, -0.2) is 0 Å². The number of phenolic OH excluding ortho intramolecular Hbond substituents is 2. The molecule has 0 spiro atoms. The Balaban J connectivity index is 1.84. The molecule has 4 aromatic carbocycles. The Labute approximate surface area is 208 Å². The van der Waals surface area contributed by atoms with Crippen LogP contribution in [-0.2, 0) is 18.3 Å². The van der Waals surface area contributed by atoms with Crippen LogP contribution in [0.25, 0.3) is 11.1 Å². The van der Waals surface area contributed by atoms with Gasteiger partial charge in [0.25, 0.3) is 0 Å². The first-order chi connectivity index (χ1) is 17.1. The zero-order valence-corrected chi connectivity index (χ0v) is 20.7. The quantitative estimate of drug-likeness (QED) is 0.244. The summed E-state index contributed by atoms with van der Waals surface area (Å²) in [6.07, 6.45) is 5.95. The second-order valence-corrected chi connectivity index (χ2v) is 9.74. The van der Waals surface area contributed by atoms with Crippen LogP contribution >= 0.6 is 0 Å². The fraction of sp³-hybridized carbons (Fsp3) is 0.273. The van der Waals surface area contributed by atoms with E-state index >= 15 is 0 Å². The van der Waals surface area contributed by atoms with Gasteiger partial charge in [-0.15, -0.1) is 0 Å². The number of fused-ring (bicyclic) bond motifs is 3. The van der Waals surface area contributed by atoms with Gasteiger partial charge in [-0.1, -0.05) is 99.5 Å². The zero-order chi connectivity index (χ0) is 24.4. The second-order valence-electron chi connectivity index (χ2n) is 9.74. The van der Waals surface area contributed by atoms with Crippen molar-refractivity contribution in [3.63, 3.8) is 0 Å². The summed E-state index contributed by atoms with van der Waals surface area (Å²) in [6, 6.07) is 29.7. The molecule has 1 aliphatic rings. The molecule has 0 atom stereocenters. The van der Waals surface area contributed by atoms with Crippen molar-refractivity contribution >= 4 is 0 Å². The summed E-state index contributed by atoms with van der Waals surface area (Å²) in [7, 11) is 0. The van der Waals surface area contributed by atoms with E-state index in [1.807, 2.05) is 12.1 Å². The number of benzene rings is 4. The van der Waals surface area contributed by atoms with E-state index in [1.54, 1.807) is 0 Å². The molecule has 0 saturated carbocycles. The highest BCUT2D eigenvalue weighted by Crippen LogP contribution is 2.56. The fourth-order valence-electron chi connectivity index (χ4n) is 5.80. The van der Waals surface area contributed by atoms with E-state index in [4.69, 9.17) is 0 Å². The third kappa shape index (κ3) is 3.82. The molecule has 0 amide bonds. The average molecular weight is 463 g/mol. The summed E-state index contributed by atoms with van der Waals surface area (Å²) in [5.74, 6) is 0.734. The van der Waals surface area contributed by atoms with Crippen molar-refractivity contribution in [2.45, 2.75) is 57.8 Å². The summed E-state index contributed by atoms with van der Waals surface area (Å²) in [5.41, 5.74) is 8.78. The lowest BCUT2D eigenvalue weighted by atomic mass is 9.67. The molecule has 0 unspecified atom stereocenters. The summed E-state index contributed by atoms with van der Waals surface area (Å²) in [5, 5.41) is 21.4. The Morgan fingerprint density at radius 1 is 0.571 bits per heavy atom. The standard InChI is InChI=1S/C33H34O2/c1-3-5-11-23-21-25(17-19-31(23)34)33(26-18-20-32(35)24(22-26)12-6-4-2)29-15-9-7-13-27(29)28-14-8-10-16-30(28)33/h7-10,13-22,34-35H,3-6,11-12H2,1-2H3. The van der Waals surface area contributed by atoms with Crippen molar-refractivity contribution in [3.8, 4) is 22.6 Å². The monoisotopic (exact) mass is 462 g/mol. The lowest BCUT2D eigenvalue weighted by Crippen LogP contribution is -2.29. The topological polar surface area (TPSA) is 40.5 Å². The smallest absolute Gasteiger partial charge is 0.118 e. The SMILES string of the molecule is CCCCc1cc(C2(c3ccc(O)c(CCCC)c3)c3ccccc3-c3ccccc32)ccc1O. The van der Waals surface area contributed by atoms with Gasteiger partial charge in [0, 0.05) is 0 Å². The first kappa shape index (κ1) is 23.2. The minimum Gasteiger partial charge on any atom is -0.508 e. The van der Waals surface area contributed by atoms with Crippen LogP contribution in [0.3, 0.4) is 0 Å². The lowest BCUT2D eigenvalue weighted by Gasteiger charge is -2.34. The maximum Gasteiger partial charge on any atom is 0.118 e. The van der Waals surface area contributed by atoms with Gasteiger partial charge in [-0.05, 0) is 82.3 Å². The molecule has 2 N–H and O–H groups in total. The molecule has 2 nitrogen and oxygen atoms in total. The van der Waals surface area contributed by atoms with Gasteiger partial charge < -0.3 is 10.2 Å². The highest BCUT2D eigenvalue weighted by Gasteiger charge is 2.46. The molecule has 0 aliphatic heterocycles. The molecule has 1 aliphatic carbocycles. The van der Waals surface area contributed by atoms with E-state index in [2.05, 4.69) is 86.6 Å². The molecule has 5 rings (SSSR count). The van der Waals surface area contributed by atoms with E-state index in [0.717, 1.165) is 60.8 Å². The van der Waals surface area contributed by atoms with Crippen molar-refractivity contribution in [2.75, 3.05) is 0 Å². The summed E-state index contributed by atoms with van der Waals surface area (Å²) in [4.78, 5) is 0. The first-order valence-electron chi connectivity index (χ1n) is 12.9. The van der Waals surface area contributed by atoms with Gasteiger partial charge in [0.15, 0.2) is 0 Å². The van der Waals surface area contributed by atoms with Crippen LogP contribution in [0.1, 0.15) is 72.9 Å². The van der Waals surface area contributed by atoms with Crippen LogP contribution in [0.5, 0.6) is 11.5 Å². The van der Waals surface area contributed by atoms with E-state index in [0.29, 0.717) is 11.5 Å². The fourth-order valence-corrected chi connectivity index (χ4v) is 5.80. The van der Waals surface area contributed by atoms with Crippen LogP contribution in [-0.4, -0.2) is 10.2 Å². The average Bonchev–Trinajstić information content (AvgIpc) is 3.19. The molecule has 0 fully saturated rings. The highest BCUT2D eigenvalue weighted by molar-refractivity contribution is 5.86. The van der Waals surface area contributed by atoms with Crippen molar-refractivity contribution in [1.82, 2.24) is 0 Å². The van der Waals surface area contributed by atoms with E-state index in [-0.39, 0.29) is 0 Å². The van der Waals surface area contributed by atoms with Crippen LogP contribution in [0, 0.1) is 0 Å². The Hall–Kier alpha value is -3.52. The highest BCUT2D eigenvalue weighted by atomic mass is 16.3. The Kier molecular flexibility index (Phi) is 6.38. The number of rotatable bonds is 8. The van der Waals surface area contributed by atoms with Crippen molar-refractivity contribution in [1.29, 1.82) is 0 Å². The van der Waals surface area contributed by atoms with E-state index in [1.165, 1.54) is 22.3 Å². The molecule has 4 aromatic rings. The van der Waals surface area contributed by atoms with Gasteiger partial charge in [-0.3, -0.25) is 0 Å². The molecule has 0 aromatic heterocycles. The Morgan fingerprint density at radius 3 is 1.43 bits per heavy atom. The van der Waals surface area contributed by atoms with Crippen molar-refractivity contribution in [3.05, 3.63) is 118 Å². The molecule has 2 heteroatoms. The molecule has 0 radical (unpaired) electrons. The molecular weight excluding hydrogens is 428 g/mol. The normalized spacial score (nSPS) is 13.4. The molecule has 35 heavy (non-hydrogen) atoms. The number of hydrogen-bond acceptors (Lipinski definition) is 2. The van der Waals surface area contributed by atoms with Crippen LogP contribution in [0.2, 0.25) is 0 Å². The number of phenols is 2. The Morgan fingerprint density at radius 2 is 1.00 bits per heavy atom. The number of hydrogen-bond donors (Lipinski definition) is 2. The zero-order valence-electron chi connectivity index (χ0n) is 20.7. The van der Waals surface area contributed by atoms with Crippen molar-refractivity contribution in [2.24, 2.45) is 0 Å². The maximum absolute atomic E-state index is 10.7. The van der Waals surface area contributed by atoms with E-state index in [9.17, 15) is 10.2 Å². The van der Waals surface area contributed by atoms with E-state index < -0.39 is 5.41 Å². The molecular formula is C33H34O2. The van der Waals surface area contributed by atoms with Gasteiger partial charge in [0.1, 0.15) is 11.5 Å². The molecule has 178 valence electrons. The van der Waals surface area contributed by atoms with Gasteiger partial charge in [0.05, 0.1) is 5.41 Å². The van der Waals surface area contributed by atoms with Crippen LogP contribution in [0.4, 0.5) is 0 Å². The number of aromatic hydroxyl groups is 2. The Bertz CT molecular complexity index is 1250. The van der Waals surface area contributed by atoms with Crippen LogP contribution in [0.15, 0.2) is 84.9 Å². The third-order valence-corrected chi connectivity index (χ3v) is 7.58. The number of aryl methyl sites for hydroxylation is 2. The molecule has 0 saturated heterocycles. The molecule has 0 bridgehead atoms. The van der Waals surface area contributed by atoms with Crippen LogP contribution < -0.4 is 0 Å². The number of unbranched alkanes of at least 4 members (excludes halogenated alkanes) is 2. The predicted molar refractivity (Wildman–Crippen MR) is 144 cm³/mol. The van der Waals surface area contributed by atoms with Crippen molar-refractivity contribution < 1.29 is 10.2 Å². The van der Waals surface area contributed by atoms with Gasteiger partial charge in [-0.2, -0.15) is 0 Å². The first-order valence-corrected chi connectivity index (χ1v) is 12.9. The summed E-state index contributed by atoms with van der Waals surface area (Å²) in [6.45, 7) is 4.36. The summed E-state index contributed by atoms with van der Waals surface area (Å²) < 4.78 is 0. The minimum absolute atomic E-state index is 0.367. The minimum atomic E-state index is -0.517. The van der Waals surface area contributed by atoms with Gasteiger partial charge in [0.2, 0.25) is 0 Å². The molecule has 0 heterocycles. The third-order valence-electron chi connectivity index (χ3n) is 7.58.